The Balaban J connectivity index is 1.47. The summed E-state index contributed by atoms with van der Waals surface area (Å²) in [5.74, 6) is -0.136. The highest BCUT2D eigenvalue weighted by Gasteiger charge is 2.29. The van der Waals surface area contributed by atoms with E-state index in [1.165, 1.54) is 0 Å². The number of ketones is 1. The lowest BCUT2D eigenvalue weighted by Gasteiger charge is -2.31. The highest BCUT2D eigenvalue weighted by Crippen LogP contribution is 2.28. The molecule has 3 aromatic rings. The Morgan fingerprint density at radius 3 is 2.45 bits per heavy atom. The molecule has 162 valence electrons. The molecule has 0 spiro atoms. The van der Waals surface area contributed by atoms with Crippen molar-refractivity contribution in [3.63, 3.8) is 0 Å². The minimum Gasteiger partial charge on any atom is -0.339 e. The summed E-state index contributed by atoms with van der Waals surface area (Å²) in [6, 6.07) is 7.03. The number of carbonyl (C=O) groups excluding carboxylic acids is 2. The van der Waals surface area contributed by atoms with Gasteiger partial charge in [0.25, 0.3) is 5.91 Å². The van der Waals surface area contributed by atoms with Gasteiger partial charge in [0.15, 0.2) is 11.4 Å². The van der Waals surface area contributed by atoms with Crippen LogP contribution in [0.25, 0.3) is 11.0 Å². The van der Waals surface area contributed by atoms with Crippen LogP contribution in [0, 0.1) is 12.8 Å². The van der Waals surface area contributed by atoms with Gasteiger partial charge in [0.2, 0.25) is 0 Å². The lowest BCUT2D eigenvalue weighted by Crippen LogP contribution is -2.40. The summed E-state index contributed by atoms with van der Waals surface area (Å²) in [7, 11) is 0. The Hall–Kier alpha value is -2.44. The number of nitrogens with zero attached hydrogens (tertiary/aromatic N) is 4. The predicted molar refractivity (Wildman–Crippen MR) is 122 cm³/mol. The van der Waals surface area contributed by atoms with Crippen molar-refractivity contribution in [1.29, 1.82) is 0 Å². The fraction of sp³-hybridized carbons (Fsp3) is 0.391. The van der Waals surface area contributed by atoms with Crippen LogP contribution in [0.2, 0.25) is 10.0 Å². The van der Waals surface area contributed by atoms with E-state index in [1.54, 1.807) is 29.3 Å². The zero-order valence-electron chi connectivity index (χ0n) is 17.7. The zero-order chi connectivity index (χ0) is 22.3. The molecule has 4 rings (SSSR count). The Kier molecular flexibility index (Phi) is 6.04. The predicted octanol–water partition coefficient (Wildman–Crippen LogP) is 5.36. The number of fused-ring (bicyclic) bond motifs is 1. The van der Waals surface area contributed by atoms with E-state index in [0.717, 1.165) is 11.0 Å². The number of piperidine rings is 1. The van der Waals surface area contributed by atoms with Crippen LogP contribution in [0.1, 0.15) is 59.1 Å². The maximum Gasteiger partial charge on any atom is 0.255 e. The molecular formula is C23H24Cl2N4O2. The second kappa shape index (κ2) is 8.60. The molecule has 1 fully saturated rings. The van der Waals surface area contributed by atoms with Gasteiger partial charge in [0, 0.05) is 36.0 Å². The van der Waals surface area contributed by atoms with Gasteiger partial charge < -0.3 is 4.90 Å². The van der Waals surface area contributed by atoms with Crippen LogP contribution in [0.4, 0.5) is 0 Å². The normalized spacial score (nSPS) is 15.1. The molecule has 0 N–H and O–H groups in total. The summed E-state index contributed by atoms with van der Waals surface area (Å²) >= 11 is 12.0. The molecule has 0 radical (unpaired) electrons. The van der Waals surface area contributed by atoms with Crippen molar-refractivity contribution in [3.8, 4) is 0 Å². The Morgan fingerprint density at radius 1 is 1.10 bits per heavy atom. The van der Waals surface area contributed by atoms with Gasteiger partial charge in [-0.2, -0.15) is 5.10 Å². The Labute approximate surface area is 191 Å². The summed E-state index contributed by atoms with van der Waals surface area (Å²) < 4.78 is 1.86. The van der Waals surface area contributed by atoms with Gasteiger partial charge in [-0.3, -0.25) is 9.59 Å². The van der Waals surface area contributed by atoms with E-state index in [0.29, 0.717) is 52.8 Å². The topological polar surface area (TPSA) is 68.1 Å². The zero-order valence-corrected chi connectivity index (χ0v) is 19.2. The van der Waals surface area contributed by atoms with Gasteiger partial charge in [-0.05, 0) is 57.9 Å². The fourth-order valence-electron chi connectivity index (χ4n) is 4.06. The molecule has 2 aromatic heterocycles. The lowest BCUT2D eigenvalue weighted by molar-refractivity contribution is 0.0649. The highest BCUT2D eigenvalue weighted by molar-refractivity contribution is 6.42. The van der Waals surface area contributed by atoms with Gasteiger partial charge in [0.1, 0.15) is 0 Å². The first-order chi connectivity index (χ1) is 14.8. The van der Waals surface area contributed by atoms with Crippen molar-refractivity contribution < 1.29 is 9.59 Å². The number of benzene rings is 1. The molecule has 0 bridgehead atoms. The summed E-state index contributed by atoms with van der Waals surface area (Å²) in [5.41, 5.74) is 2.63. The molecule has 1 aliphatic rings. The third-order valence-electron chi connectivity index (χ3n) is 5.84. The van der Waals surface area contributed by atoms with Crippen molar-refractivity contribution in [2.24, 2.45) is 5.92 Å². The highest BCUT2D eigenvalue weighted by atomic mass is 35.5. The number of rotatable bonds is 4. The van der Waals surface area contributed by atoms with E-state index in [9.17, 15) is 9.59 Å². The van der Waals surface area contributed by atoms with Gasteiger partial charge in [-0.25, -0.2) is 9.67 Å². The smallest absolute Gasteiger partial charge is 0.255 e. The largest absolute Gasteiger partial charge is 0.339 e. The Morgan fingerprint density at radius 2 is 1.81 bits per heavy atom. The molecule has 1 saturated heterocycles. The van der Waals surface area contributed by atoms with Crippen molar-refractivity contribution in [2.75, 3.05) is 13.1 Å². The number of amides is 1. The third-order valence-corrected chi connectivity index (χ3v) is 6.58. The summed E-state index contributed by atoms with van der Waals surface area (Å²) in [4.78, 5) is 32.5. The molecule has 8 heteroatoms. The Bertz CT molecular complexity index is 1160. The van der Waals surface area contributed by atoms with Crippen LogP contribution < -0.4 is 0 Å². The number of Topliss-reactive ketones (excluding diaryl/α,β-unsaturated/α-hetero) is 1. The minimum absolute atomic E-state index is 0.0473. The minimum atomic E-state index is -0.132. The molecule has 0 saturated carbocycles. The molecular weight excluding hydrogens is 435 g/mol. The number of pyridine rings is 1. The monoisotopic (exact) mass is 458 g/mol. The number of aryl methyl sites for hydroxylation is 1. The number of likely N-dealkylation sites (tertiary alicyclic amines) is 1. The second-order valence-electron chi connectivity index (χ2n) is 8.28. The summed E-state index contributed by atoms with van der Waals surface area (Å²) in [6.07, 6.45) is 2.98. The van der Waals surface area contributed by atoms with Crippen LogP contribution in [0.5, 0.6) is 0 Å². The fourth-order valence-corrected chi connectivity index (χ4v) is 4.36. The van der Waals surface area contributed by atoms with E-state index in [1.807, 2.05) is 31.5 Å². The van der Waals surface area contributed by atoms with Gasteiger partial charge in [-0.15, -0.1) is 0 Å². The number of hydrogen-bond donors (Lipinski definition) is 0. The maximum atomic E-state index is 13.2. The van der Waals surface area contributed by atoms with Gasteiger partial charge >= 0.3 is 0 Å². The first kappa shape index (κ1) is 21.8. The number of carbonyl (C=O) groups is 2. The average Bonchev–Trinajstić information content (AvgIpc) is 3.17. The van der Waals surface area contributed by atoms with Crippen LogP contribution >= 0.6 is 23.2 Å². The SMILES string of the molecule is Cc1nc2c(cnn2C(C)C)cc1C(=O)N1CCC(C(=O)c2ccc(Cl)c(Cl)c2)CC1. The molecule has 3 heterocycles. The average molecular weight is 459 g/mol. The number of aromatic nitrogens is 3. The van der Waals surface area contributed by atoms with Crippen molar-refractivity contribution in [3.05, 3.63) is 57.3 Å². The summed E-state index contributed by atoms with van der Waals surface area (Å²) in [5, 5.41) is 6.05. The van der Waals surface area contributed by atoms with Crippen molar-refractivity contribution in [1.82, 2.24) is 19.7 Å². The molecule has 0 aliphatic carbocycles. The standard InChI is InChI=1S/C23H24Cl2N4O2/c1-13(2)29-22-17(12-26-29)10-18(14(3)27-22)23(31)28-8-6-15(7-9-28)21(30)16-4-5-19(24)20(25)11-16/h4-5,10-13,15H,6-9H2,1-3H3. The molecule has 31 heavy (non-hydrogen) atoms. The molecule has 0 unspecified atom stereocenters. The van der Waals surface area contributed by atoms with Crippen LogP contribution in [-0.4, -0.2) is 44.4 Å². The van der Waals surface area contributed by atoms with Gasteiger partial charge in [0.05, 0.1) is 27.5 Å². The molecule has 0 atom stereocenters. The van der Waals surface area contributed by atoms with Crippen molar-refractivity contribution in [2.45, 2.75) is 39.7 Å². The molecule has 6 nitrogen and oxygen atoms in total. The van der Waals surface area contributed by atoms with E-state index in [-0.39, 0.29) is 23.7 Å². The quantitative estimate of drug-likeness (QED) is 0.493. The third kappa shape index (κ3) is 4.19. The lowest BCUT2D eigenvalue weighted by atomic mass is 9.88. The molecule has 1 aromatic carbocycles. The van der Waals surface area contributed by atoms with Crippen LogP contribution in [0.3, 0.4) is 0 Å². The van der Waals surface area contributed by atoms with Crippen LogP contribution in [-0.2, 0) is 0 Å². The van der Waals surface area contributed by atoms with Crippen molar-refractivity contribution >= 4 is 45.9 Å². The van der Waals surface area contributed by atoms with E-state index in [2.05, 4.69) is 10.1 Å². The number of hydrogen-bond acceptors (Lipinski definition) is 4. The molecule has 1 amide bonds. The first-order valence-electron chi connectivity index (χ1n) is 10.4. The van der Waals surface area contributed by atoms with Crippen LogP contribution in [0.15, 0.2) is 30.5 Å². The second-order valence-corrected chi connectivity index (χ2v) is 9.09. The van der Waals surface area contributed by atoms with E-state index >= 15 is 0 Å². The maximum absolute atomic E-state index is 13.2. The van der Waals surface area contributed by atoms with E-state index in [4.69, 9.17) is 23.2 Å². The molecule has 1 aliphatic heterocycles. The van der Waals surface area contributed by atoms with E-state index < -0.39 is 0 Å². The summed E-state index contributed by atoms with van der Waals surface area (Å²) in [6.45, 7) is 7.00. The van der Waals surface area contributed by atoms with Gasteiger partial charge in [-0.1, -0.05) is 23.2 Å². The number of halogens is 2. The first-order valence-corrected chi connectivity index (χ1v) is 11.1.